The lowest BCUT2D eigenvalue weighted by atomic mass is 10.2. The minimum Gasteiger partial charge on any atom is -0.481 e. The predicted molar refractivity (Wildman–Crippen MR) is 137 cm³/mol. The summed E-state index contributed by atoms with van der Waals surface area (Å²) < 4.78 is 8.44. The molecule has 1 heterocycles. The lowest BCUT2D eigenvalue weighted by Crippen LogP contribution is -2.36. The largest absolute Gasteiger partial charge is 0.481 e. The van der Waals surface area contributed by atoms with Crippen molar-refractivity contribution in [3.05, 3.63) is 63.9 Å². The number of benzene rings is 2. The van der Waals surface area contributed by atoms with Crippen LogP contribution in [-0.2, 0) is 29.6 Å². The molecular weight excluding hydrogens is 518 g/mol. The molecule has 0 bridgehead atoms. The molecule has 8 nitrogen and oxygen atoms in total. The number of aromatic nitrogens is 3. The molecule has 2 amide bonds. The highest BCUT2D eigenvalue weighted by Crippen LogP contribution is 2.21. The quantitative estimate of drug-likeness (QED) is 0.369. The van der Waals surface area contributed by atoms with E-state index in [1.165, 1.54) is 17.3 Å². The van der Waals surface area contributed by atoms with E-state index in [1.807, 2.05) is 49.4 Å². The normalized spacial score (nSPS) is 11.7. The minimum atomic E-state index is -0.652. The Labute approximate surface area is 212 Å². The molecule has 2 aromatic carbocycles. The first-order valence-corrected chi connectivity index (χ1v) is 12.6. The maximum Gasteiger partial charge on any atom is 0.261 e. The highest BCUT2D eigenvalue weighted by atomic mass is 79.9. The highest BCUT2D eigenvalue weighted by Gasteiger charge is 2.17. The second-order valence-corrected chi connectivity index (χ2v) is 9.59. The van der Waals surface area contributed by atoms with Gasteiger partial charge in [0, 0.05) is 17.2 Å². The number of amides is 2. The first-order chi connectivity index (χ1) is 16.3. The number of nitrogens with zero attached hydrogens (tertiary/aromatic N) is 3. The average Bonchev–Trinajstić information content (AvgIpc) is 3.17. The van der Waals surface area contributed by atoms with Crippen LogP contribution in [0.4, 0.5) is 5.69 Å². The van der Waals surface area contributed by atoms with Crippen LogP contribution >= 0.6 is 27.7 Å². The van der Waals surface area contributed by atoms with Crippen LogP contribution in [0.2, 0.25) is 0 Å². The Balaban J connectivity index is 1.47. The number of hydrogen-bond acceptors (Lipinski definition) is 6. The molecule has 180 valence electrons. The van der Waals surface area contributed by atoms with E-state index in [9.17, 15) is 9.59 Å². The molecule has 0 aliphatic heterocycles. The molecule has 0 saturated heterocycles. The molecule has 10 heteroatoms. The highest BCUT2D eigenvalue weighted by molar-refractivity contribution is 9.10. The van der Waals surface area contributed by atoms with Gasteiger partial charge in [-0.05, 0) is 61.7 Å². The minimum absolute atomic E-state index is 0.133. The van der Waals surface area contributed by atoms with E-state index >= 15 is 0 Å². The fraction of sp³-hybridized carbons (Fsp3) is 0.333. The van der Waals surface area contributed by atoms with E-state index in [0.717, 1.165) is 22.1 Å². The van der Waals surface area contributed by atoms with E-state index in [0.29, 0.717) is 16.7 Å². The number of aryl methyl sites for hydroxylation is 2. The second-order valence-electron chi connectivity index (χ2n) is 7.73. The third-order valence-corrected chi connectivity index (χ3v) is 6.67. The van der Waals surface area contributed by atoms with Crippen LogP contribution in [0.15, 0.2) is 52.1 Å². The molecule has 0 saturated carbocycles. The summed E-state index contributed by atoms with van der Waals surface area (Å²) in [7, 11) is 1.80. The van der Waals surface area contributed by atoms with Crippen LogP contribution < -0.4 is 15.4 Å². The second kappa shape index (κ2) is 12.0. The molecule has 1 atom stereocenters. The van der Waals surface area contributed by atoms with Crippen molar-refractivity contribution in [3.63, 3.8) is 0 Å². The lowest BCUT2D eigenvalue weighted by molar-refractivity contribution is -0.127. The van der Waals surface area contributed by atoms with Crippen molar-refractivity contribution >= 4 is 45.2 Å². The lowest BCUT2D eigenvalue weighted by Gasteiger charge is -2.15. The van der Waals surface area contributed by atoms with Gasteiger partial charge in [-0.15, -0.1) is 10.2 Å². The van der Waals surface area contributed by atoms with Gasteiger partial charge in [0.1, 0.15) is 5.75 Å². The fourth-order valence-electron chi connectivity index (χ4n) is 3.08. The Morgan fingerprint density at radius 3 is 2.59 bits per heavy atom. The Morgan fingerprint density at radius 1 is 1.18 bits per heavy atom. The molecular formula is C24H28BrN5O3S. The summed E-state index contributed by atoms with van der Waals surface area (Å²) in [5.74, 6) is 1.04. The summed E-state index contributed by atoms with van der Waals surface area (Å²) in [5, 5.41) is 14.6. The maximum atomic E-state index is 12.4. The molecule has 0 fully saturated rings. The van der Waals surface area contributed by atoms with Crippen molar-refractivity contribution in [2.24, 2.45) is 7.05 Å². The molecule has 3 aromatic rings. The number of carbonyl (C=O) groups is 2. The van der Waals surface area contributed by atoms with Gasteiger partial charge < -0.3 is 19.9 Å². The standard InChI is InChI=1S/C24H28BrN5O3S/c1-5-17-6-9-19(10-7-17)33-16(3)23(32)26-13-21-28-29-24(30(21)4)34-14-22(31)27-20-11-8-18(25)12-15(20)2/h6-12,16H,5,13-14H2,1-4H3,(H,26,32)(H,27,31)/t16-/m0/s1. The number of hydrogen-bond donors (Lipinski definition) is 2. The van der Waals surface area contributed by atoms with Gasteiger partial charge in [-0.25, -0.2) is 0 Å². The first-order valence-electron chi connectivity index (χ1n) is 10.9. The third kappa shape index (κ3) is 7.07. The van der Waals surface area contributed by atoms with Crippen molar-refractivity contribution in [1.82, 2.24) is 20.1 Å². The number of rotatable bonds is 10. The molecule has 3 rings (SSSR count). The molecule has 0 aliphatic carbocycles. The Kier molecular flexibility index (Phi) is 9.12. The summed E-state index contributed by atoms with van der Waals surface area (Å²) in [6, 6.07) is 13.4. The Morgan fingerprint density at radius 2 is 1.91 bits per heavy atom. The Bertz CT molecular complexity index is 1150. The van der Waals surface area contributed by atoms with Crippen LogP contribution in [0.3, 0.4) is 0 Å². The van der Waals surface area contributed by atoms with E-state index in [4.69, 9.17) is 4.74 Å². The summed E-state index contributed by atoms with van der Waals surface area (Å²) in [6.07, 6.45) is 0.296. The number of carbonyl (C=O) groups excluding carboxylic acids is 2. The van der Waals surface area contributed by atoms with Crippen molar-refractivity contribution in [2.75, 3.05) is 11.1 Å². The van der Waals surface area contributed by atoms with Crippen molar-refractivity contribution in [3.8, 4) is 5.75 Å². The van der Waals surface area contributed by atoms with Crippen molar-refractivity contribution < 1.29 is 14.3 Å². The number of halogens is 1. The molecule has 1 aromatic heterocycles. The molecule has 2 N–H and O–H groups in total. The average molecular weight is 546 g/mol. The predicted octanol–water partition coefficient (Wildman–Crippen LogP) is 4.26. The molecule has 0 unspecified atom stereocenters. The SMILES string of the molecule is CCc1ccc(O[C@@H](C)C(=O)NCc2nnc(SCC(=O)Nc3ccc(Br)cc3C)n2C)cc1. The topological polar surface area (TPSA) is 98.1 Å². The molecule has 0 aliphatic rings. The summed E-state index contributed by atoms with van der Waals surface area (Å²) >= 11 is 4.70. The van der Waals surface area contributed by atoms with Crippen molar-refractivity contribution in [2.45, 2.75) is 45.0 Å². The third-order valence-electron chi connectivity index (χ3n) is 5.15. The summed E-state index contributed by atoms with van der Waals surface area (Å²) in [6.45, 7) is 5.93. The van der Waals surface area contributed by atoms with Crippen LogP contribution in [0, 0.1) is 6.92 Å². The van der Waals surface area contributed by atoms with Gasteiger partial charge in [-0.3, -0.25) is 9.59 Å². The zero-order valence-corrected chi connectivity index (χ0v) is 22.0. The summed E-state index contributed by atoms with van der Waals surface area (Å²) in [4.78, 5) is 24.8. The van der Waals surface area contributed by atoms with Crippen LogP contribution in [-0.4, -0.2) is 38.4 Å². The monoisotopic (exact) mass is 545 g/mol. The zero-order chi connectivity index (χ0) is 24.7. The number of nitrogens with one attached hydrogen (secondary N) is 2. The van der Waals surface area contributed by atoms with E-state index in [1.54, 1.807) is 18.5 Å². The number of ether oxygens (including phenoxy) is 1. The molecule has 0 radical (unpaired) electrons. The van der Waals surface area contributed by atoms with Gasteiger partial charge in [0.2, 0.25) is 5.91 Å². The molecule has 34 heavy (non-hydrogen) atoms. The number of anilines is 1. The van der Waals surface area contributed by atoms with Crippen LogP contribution in [0.1, 0.15) is 30.8 Å². The van der Waals surface area contributed by atoms with Gasteiger partial charge in [0.25, 0.3) is 5.91 Å². The van der Waals surface area contributed by atoms with E-state index in [2.05, 4.69) is 43.7 Å². The summed E-state index contributed by atoms with van der Waals surface area (Å²) in [5.41, 5.74) is 2.95. The van der Waals surface area contributed by atoms with E-state index < -0.39 is 6.10 Å². The number of thioether (sulfide) groups is 1. The first kappa shape index (κ1) is 25.8. The Hall–Kier alpha value is -2.85. The van der Waals surface area contributed by atoms with Gasteiger partial charge >= 0.3 is 0 Å². The fourth-order valence-corrected chi connectivity index (χ4v) is 4.29. The van der Waals surface area contributed by atoms with Crippen LogP contribution in [0.25, 0.3) is 0 Å². The van der Waals surface area contributed by atoms with Crippen LogP contribution in [0.5, 0.6) is 5.75 Å². The van der Waals surface area contributed by atoms with Gasteiger partial charge in [-0.2, -0.15) is 0 Å². The van der Waals surface area contributed by atoms with Gasteiger partial charge in [0.15, 0.2) is 17.1 Å². The zero-order valence-electron chi connectivity index (χ0n) is 19.6. The molecule has 0 spiro atoms. The van der Waals surface area contributed by atoms with Gasteiger partial charge in [-0.1, -0.05) is 46.7 Å². The van der Waals surface area contributed by atoms with E-state index in [-0.39, 0.29) is 24.1 Å². The maximum absolute atomic E-state index is 12.4. The van der Waals surface area contributed by atoms with Crippen molar-refractivity contribution in [1.29, 1.82) is 0 Å². The smallest absolute Gasteiger partial charge is 0.261 e. The van der Waals surface area contributed by atoms with Gasteiger partial charge in [0.05, 0.1) is 12.3 Å².